The molecule has 1 fully saturated rings. The van der Waals surface area contributed by atoms with Crippen LogP contribution in [-0.4, -0.2) is 39.2 Å². The molecule has 2 rings (SSSR count). The first kappa shape index (κ1) is 16.7. The molecule has 1 N–H and O–H groups in total. The second-order valence-corrected chi connectivity index (χ2v) is 12.7. The Kier molecular flexibility index (Phi) is 5.64. The summed E-state index contributed by atoms with van der Waals surface area (Å²) in [6, 6.07) is 10.9. The van der Waals surface area contributed by atoms with E-state index in [1.165, 1.54) is 31.2 Å². The molecule has 118 valence electrons. The number of benzene rings is 1. The maximum absolute atomic E-state index is 3.42. The molecule has 0 aliphatic heterocycles. The lowest BCUT2D eigenvalue weighted by Crippen LogP contribution is -2.39. The highest BCUT2D eigenvalue weighted by molar-refractivity contribution is 6.88. The van der Waals surface area contributed by atoms with Gasteiger partial charge in [0.2, 0.25) is 0 Å². The summed E-state index contributed by atoms with van der Waals surface area (Å²) in [5, 5.41) is 4.98. The fourth-order valence-corrected chi connectivity index (χ4v) is 4.50. The van der Waals surface area contributed by atoms with Crippen LogP contribution in [0.1, 0.15) is 31.2 Å². The van der Waals surface area contributed by atoms with Gasteiger partial charge in [0.25, 0.3) is 0 Å². The topological polar surface area (TPSA) is 15.3 Å². The average Bonchev–Trinajstić information content (AvgIpc) is 2.47. The number of nitrogens with one attached hydrogen (secondary N) is 1. The van der Waals surface area contributed by atoms with E-state index < -0.39 is 8.07 Å². The first-order valence-corrected chi connectivity index (χ1v) is 11.9. The van der Waals surface area contributed by atoms with Crippen LogP contribution in [0, 0.1) is 0 Å². The quantitative estimate of drug-likeness (QED) is 0.841. The van der Waals surface area contributed by atoms with E-state index >= 15 is 0 Å². The first-order chi connectivity index (χ1) is 9.90. The molecule has 0 spiro atoms. The summed E-state index contributed by atoms with van der Waals surface area (Å²) >= 11 is 0. The SMILES string of the molecule is CNC1CCC(N(C)Cc2ccc([Si](C)(C)C)cc2)CC1. The van der Waals surface area contributed by atoms with E-state index in [1.807, 2.05) is 0 Å². The molecule has 3 heteroatoms. The van der Waals surface area contributed by atoms with Crippen molar-refractivity contribution in [3.05, 3.63) is 29.8 Å². The smallest absolute Gasteiger partial charge is 0.0775 e. The zero-order valence-corrected chi connectivity index (χ0v) is 15.4. The molecule has 2 nitrogen and oxygen atoms in total. The summed E-state index contributed by atoms with van der Waals surface area (Å²) in [7, 11) is 3.22. The van der Waals surface area contributed by atoms with Crippen molar-refractivity contribution < 1.29 is 0 Å². The van der Waals surface area contributed by atoms with Crippen LogP contribution in [0.15, 0.2) is 24.3 Å². The molecule has 0 aromatic heterocycles. The maximum Gasteiger partial charge on any atom is 0.0775 e. The molecule has 21 heavy (non-hydrogen) atoms. The van der Waals surface area contributed by atoms with Crippen molar-refractivity contribution in [2.45, 2.75) is 64.0 Å². The zero-order valence-electron chi connectivity index (χ0n) is 14.4. The normalized spacial score (nSPS) is 23.5. The largest absolute Gasteiger partial charge is 0.317 e. The van der Waals surface area contributed by atoms with Gasteiger partial charge in [-0.15, -0.1) is 0 Å². The summed E-state index contributed by atoms with van der Waals surface area (Å²) in [4.78, 5) is 2.55. The van der Waals surface area contributed by atoms with E-state index in [4.69, 9.17) is 0 Å². The van der Waals surface area contributed by atoms with Gasteiger partial charge >= 0.3 is 0 Å². The van der Waals surface area contributed by atoms with E-state index in [2.05, 4.69) is 68.2 Å². The second kappa shape index (κ2) is 7.08. The number of nitrogens with zero attached hydrogens (tertiary/aromatic N) is 1. The average molecular weight is 305 g/mol. The molecular weight excluding hydrogens is 272 g/mol. The van der Waals surface area contributed by atoms with Crippen molar-refractivity contribution in [3.8, 4) is 0 Å². The van der Waals surface area contributed by atoms with Crippen LogP contribution >= 0.6 is 0 Å². The van der Waals surface area contributed by atoms with Gasteiger partial charge < -0.3 is 5.32 Å². The molecule has 1 aliphatic carbocycles. The standard InChI is InChI=1S/C18H32N2Si/c1-19-16-8-10-17(11-9-16)20(2)14-15-6-12-18(13-7-15)21(3,4)5/h6-7,12-13,16-17,19H,8-11,14H2,1-5H3. The second-order valence-electron chi connectivity index (χ2n) is 7.66. The van der Waals surface area contributed by atoms with Crippen LogP contribution in [0.5, 0.6) is 0 Å². The molecule has 0 atom stereocenters. The fraction of sp³-hybridized carbons (Fsp3) is 0.667. The minimum Gasteiger partial charge on any atom is -0.317 e. The third-order valence-corrected chi connectivity index (χ3v) is 7.05. The molecule has 1 aromatic carbocycles. The molecule has 0 unspecified atom stereocenters. The fourth-order valence-electron chi connectivity index (χ4n) is 3.33. The monoisotopic (exact) mass is 304 g/mol. The summed E-state index contributed by atoms with van der Waals surface area (Å²) < 4.78 is 0. The number of hydrogen-bond acceptors (Lipinski definition) is 2. The van der Waals surface area contributed by atoms with Gasteiger partial charge in [-0.25, -0.2) is 0 Å². The first-order valence-electron chi connectivity index (χ1n) is 8.37. The van der Waals surface area contributed by atoms with Crippen molar-refractivity contribution in [2.24, 2.45) is 0 Å². The highest BCUT2D eigenvalue weighted by Crippen LogP contribution is 2.23. The Labute approximate surface area is 131 Å². The van der Waals surface area contributed by atoms with Gasteiger partial charge in [-0.3, -0.25) is 4.90 Å². The van der Waals surface area contributed by atoms with Crippen molar-refractivity contribution >= 4 is 13.3 Å². The maximum atomic E-state index is 3.42. The lowest BCUT2D eigenvalue weighted by Gasteiger charge is -2.34. The van der Waals surface area contributed by atoms with Gasteiger partial charge in [-0.1, -0.05) is 49.1 Å². The Bertz CT molecular complexity index is 428. The van der Waals surface area contributed by atoms with Crippen molar-refractivity contribution in [3.63, 3.8) is 0 Å². The van der Waals surface area contributed by atoms with Gasteiger partial charge in [0.15, 0.2) is 0 Å². The lowest BCUT2D eigenvalue weighted by atomic mass is 9.90. The third-order valence-electron chi connectivity index (χ3n) is 4.98. The van der Waals surface area contributed by atoms with Crippen LogP contribution in [0.25, 0.3) is 0 Å². The van der Waals surface area contributed by atoms with Crippen molar-refractivity contribution in [1.29, 1.82) is 0 Å². The van der Waals surface area contributed by atoms with Crippen LogP contribution in [0.2, 0.25) is 19.6 Å². The Morgan fingerprint density at radius 2 is 1.62 bits per heavy atom. The van der Waals surface area contributed by atoms with Gasteiger partial charge in [0.1, 0.15) is 0 Å². The number of rotatable bonds is 5. The van der Waals surface area contributed by atoms with Crippen LogP contribution in [0.4, 0.5) is 0 Å². The van der Waals surface area contributed by atoms with E-state index in [-0.39, 0.29) is 0 Å². The van der Waals surface area contributed by atoms with Gasteiger partial charge in [-0.2, -0.15) is 0 Å². The molecule has 1 aliphatic rings. The molecule has 0 radical (unpaired) electrons. The van der Waals surface area contributed by atoms with E-state index in [9.17, 15) is 0 Å². The Balaban J connectivity index is 1.89. The van der Waals surface area contributed by atoms with Crippen molar-refractivity contribution in [2.75, 3.05) is 14.1 Å². The highest BCUT2D eigenvalue weighted by Gasteiger charge is 2.23. The van der Waals surface area contributed by atoms with Crippen LogP contribution < -0.4 is 10.5 Å². The predicted octanol–water partition coefficient (Wildman–Crippen LogP) is 3.19. The minimum absolute atomic E-state index is 0.741. The van der Waals surface area contributed by atoms with Crippen LogP contribution in [-0.2, 0) is 6.54 Å². The molecule has 1 saturated carbocycles. The summed E-state index contributed by atoms with van der Waals surface area (Å²) in [6.45, 7) is 8.32. The van der Waals surface area contributed by atoms with E-state index in [0.29, 0.717) is 0 Å². The third kappa shape index (κ3) is 4.66. The molecule has 0 amide bonds. The molecule has 0 bridgehead atoms. The van der Waals surface area contributed by atoms with Crippen molar-refractivity contribution in [1.82, 2.24) is 10.2 Å². The number of hydrogen-bond donors (Lipinski definition) is 1. The minimum atomic E-state index is -1.16. The Morgan fingerprint density at radius 1 is 1.05 bits per heavy atom. The lowest BCUT2D eigenvalue weighted by molar-refractivity contribution is 0.170. The zero-order chi connectivity index (χ0) is 15.5. The van der Waals surface area contributed by atoms with Gasteiger partial charge in [0.05, 0.1) is 8.07 Å². The molecule has 1 aromatic rings. The summed E-state index contributed by atoms with van der Waals surface area (Å²) in [5.74, 6) is 0. The highest BCUT2D eigenvalue weighted by atomic mass is 28.3. The predicted molar refractivity (Wildman–Crippen MR) is 96.0 cm³/mol. The summed E-state index contributed by atoms with van der Waals surface area (Å²) in [5.41, 5.74) is 1.45. The molecule has 0 heterocycles. The molecular formula is C18H32N2Si. The Hall–Kier alpha value is -0.643. The Morgan fingerprint density at radius 3 is 2.10 bits per heavy atom. The van der Waals surface area contributed by atoms with E-state index in [0.717, 1.165) is 18.6 Å². The van der Waals surface area contributed by atoms with Gasteiger partial charge in [-0.05, 0) is 45.3 Å². The van der Waals surface area contributed by atoms with Crippen LogP contribution in [0.3, 0.4) is 0 Å². The van der Waals surface area contributed by atoms with E-state index in [1.54, 1.807) is 5.19 Å². The summed E-state index contributed by atoms with van der Waals surface area (Å²) in [6.07, 6.45) is 5.30. The van der Waals surface area contributed by atoms with Gasteiger partial charge in [0, 0.05) is 18.6 Å². The molecule has 0 saturated heterocycles.